The van der Waals surface area contributed by atoms with Crippen molar-refractivity contribution in [3.05, 3.63) is 17.6 Å². The van der Waals surface area contributed by atoms with Crippen LogP contribution in [0.15, 0.2) is 6.20 Å². The molecule has 19 heavy (non-hydrogen) atoms. The molecule has 1 aromatic rings. The van der Waals surface area contributed by atoms with Crippen LogP contribution in [0.3, 0.4) is 0 Å². The first-order valence-corrected chi connectivity index (χ1v) is 6.65. The molecule has 0 aliphatic carbocycles. The van der Waals surface area contributed by atoms with E-state index in [9.17, 15) is 4.79 Å². The van der Waals surface area contributed by atoms with Gasteiger partial charge >= 0.3 is 5.97 Å². The van der Waals surface area contributed by atoms with E-state index in [1.54, 1.807) is 0 Å². The van der Waals surface area contributed by atoms with E-state index in [4.69, 9.17) is 5.11 Å². The van der Waals surface area contributed by atoms with Crippen molar-refractivity contribution in [2.24, 2.45) is 0 Å². The Kier molecular flexibility index (Phi) is 4.31. The third-order valence-electron chi connectivity index (χ3n) is 3.25. The number of piperazine rings is 1. The molecule has 1 aliphatic rings. The number of hydrogen-bond donors (Lipinski definition) is 2. The number of rotatable bonds is 4. The minimum absolute atomic E-state index is 0.447. The van der Waals surface area contributed by atoms with Gasteiger partial charge < -0.3 is 15.3 Å². The van der Waals surface area contributed by atoms with Crippen molar-refractivity contribution in [1.82, 2.24) is 15.3 Å². The lowest BCUT2D eigenvalue weighted by molar-refractivity contribution is -0.139. The van der Waals surface area contributed by atoms with Gasteiger partial charge in [0.15, 0.2) is 0 Å². The molecular formula is C13H20N4O2. The van der Waals surface area contributed by atoms with E-state index >= 15 is 0 Å². The number of nitrogens with one attached hydrogen (secondary N) is 1. The maximum Gasteiger partial charge on any atom is 0.322 e. The molecule has 2 rings (SSSR count). The summed E-state index contributed by atoms with van der Waals surface area (Å²) in [7, 11) is 0. The van der Waals surface area contributed by atoms with Gasteiger partial charge in [-0.1, -0.05) is 13.3 Å². The van der Waals surface area contributed by atoms with Gasteiger partial charge in [0.05, 0.1) is 0 Å². The van der Waals surface area contributed by atoms with Crippen molar-refractivity contribution >= 4 is 11.8 Å². The highest BCUT2D eigenvalue weighted by molar-refractivity contribution is 5.74. The van der Waals surface area contributed by atoms with Gasteiger partial charge in [0.25, 0.3) is 0 Å². The molecule has 0 radical (unpaired) electrons. The van der Waals surface area contributed by atoms with Crippen molar-refractivity contribution in [2.45, 2.75) is 32.7 Å². The number of carboxylic acid groups (broad SMARTS) is 1. The second-order valence-electron chi connectivity index (χ2n) is 4.81. The number of nitrogens with zero attached hydrogens (tertiary/aromatic N) is 3. The quantitative estimate of drug-likeness (QED) is 0.829. The van der Waals surface area contributed by atoms with Gasteiger partial charge in [-0.2, -0.15) is 0 Å². The van der Waals surface area contributed by atoms with Crippen molar-refractivity contribution in [1.29, 1.82) is 0 Å². The van der Waals surface area contributed by atoms with Crippen LogP contribution in [0.5, 0.6) is 0 Å². The average molecular weight is 264 g/mol. The summed E-state index contributed by atoms with van der Waals surface area (Å²) >= 11 is 0. The molecule has 0 bridgehead atoms. The summed E-state index contributed by atoms with van der Waals surface area (Å²) in [4.78, 5) is 21.9. The minimum Gasteiger partial charge on any atom is -0.480 e. The molecule has 2 N–H and O–H groups in total. The zero-order valence-electron chi connectivity index (χ0n) is 11.4. The van der Waals surface area contributed by atoms with Crippen LogP contribution in [0.4, 0.5) is 5.82 Å². The largest absolute Gasteiger partial charge is 0.480 e. The smallest absolute Gasteiger partial charge is 0.322 e. The lowest BCUT2D eigenvalue weighted by atomic mass is 10.1. The van der Waals surface area contributed by atoms with Crippen molar-refractivity contribution in [3.63, 3.8) is 0 Å². The Balaban J connectivity index is 2.24. The third-order valence-corrected chi connectivity index (χ3v) is 3.25. The summed E-state index contributed by atoms with van der Waals surface area (Å²) < 4.78 is 0. The van der Waals surface area contributed by atoms with E-state index in [0.29, 0.717) is 13.1 Å². The molecule has 0 aromatic carbocycles. The summed E-state index contributed by atoms with van der Waals surface area (Å²) in [5, 5.41) is 12.1. The van der Waals surface area contributed by atoms with Crippen LogP contribution in [0, 0.1) is 6.92 Å². The van der Waals surface area contributed by atoms with Crippen LogP contribution in [-0.4, -0.2) is 46.7 Å². The van der Waals surface area contributed by atoms with Crippen LogP contribution >= 0.6 is 0 Å². The lowest BCUT2D eigenvalue weighted by Crippen LogP contribution is -2.54. The van der Waals surface area contributed by atoms with E-state index in [1.807, 2.05) is 13.1 Å². The minimum atomic E-state index is -0.812. The molecular weight excluding hydrogens is 244 g/mol. The summed E-state index contributed by atoms with van der Waals surface area (Å²) in [5.74, 6) is 0.801. The zero-order chi connectivity index (χ0) is 13.8. The average Bonchev–Trinajstić information content (AvgIpc) is 2.41. The van der Waals surface area contributed by atoms with Gasteiger partial charge in [0.2, 0.25) is 0 Å². The van der Waals surface area contributed by atoms with Gasteiger partial charge in [-0.3, -0.25) is 4.79 Å². The van der Waals surface area contributed by atoms with E-state index in [2.05, 4.69) is 27.1 Å². The Morgan fingerprint density at radius 2 is 2.42 bits per heavy atom. The van der Waals surface area contributed by atoms with Crippen molar-refractivity contribution in [3.8, 4) is 0 Å². The highest BCUT2D eigenvalue weighted by Crippen LogP contribution is 2.20. The first-order chi connectivity index (χ1) is 9.11. The van der Waals surface area contributed by atoms with Crippen LogP contribution in [0.2, 0.25) is 0 Å². The summed E-state index contributed by atoms with van der Waals surface area (Å²) in [6.45, 7) is 5.85. The fourth-order valence-electron chi connectivity index (χ4n) is 2.31. The number of carbonyl (C=O) groups is 1. The Bertz CT molecular complexity index is 464. The van der Waals surface area contributed by atoms with E-state index in [0.717, 1.165) is 36.6 Å². The second kappa shape index (κ2) is 5.97. The standard InChI is InChI=1S/C13H20N4O2/c1-3-4-10-7-15-9(2)16-12(10)17-6-5-14-11(8-17)13(18)19/h7,11,14H,3-6,8H2,1-2H3,(H,18,19)/t11-/m0/s1. The maximum absolute atomic E-state index is 11.1. The highest BCUT2D eigenvalue weighted by atomic mass is 16.4. The zero-order valence-corrected chi connectivity index (χ0v) is 11.4. The molecule has 1 atom stereocenters. The molecule has 2 heterocycles. The van der Waals surface area contributed by atoms with Crippen LogP contribution in [0.25, 0.3) is 0 Å². The molecule has 1 aromatic heterocycles. The number of anilines is 1. The number of aliphatic carboxylic acids is 1. The van der Waals surface area contributed by atoms with E-state index in [-0.39, 0.29) is 0 Å². The molecule has 6 nitrogen and oxygen atoms in total. The molecule has 6 heteroatoms. The van der Waals surface area contributed by atoms with Crippen LogP contribution in [0.1, 0.15) is 24.7 Å². The maximum atomic E-state index is 11.1. The first-order valence-electron chi connectivity index (χ1n) is 6.65. The summed E-state index contributed by atoms with van der Waals surface area (Å²) in [5.41, 5.74) is 1.10. The van der Waals surface area contributed by atoms with Gasteiger partial charge in [-0.05, 0) is 13.3 Å². The van der Waals surface area contributed by atoms with E-state index < -0.39 is 12.0 Å². The normalized spacial score (nSPS) is 19.5. The Morgan fingerprint density at radius 3 is 3.11 bits per heavy atom. The second-order valence-corrected chi connectivity index (χ2v) is 4.81. The van der Waals surface area contributed by atoms with Gasteiger partial charge in [-0.15, -0.1) is 0 Å². The number of aryl methyl sites for hydroxylation is 2. The van der Waals surface area contributed by atoms with Gasteiger partial charge in [0.1, 0.15) is 17.7 Å². The summed E-state index contributed by atoms with van der Waals surface area (Å²) in [6, 6.07) is -0.529. The first kappa shape index (κ1) is 13.7. The van der Waals surface area contributed by atoms with E-state index in [1.165, 1.54) is 0 Å². The molecule has 1 saturated heterocycles. The topological polar surface area (TPSA) is 78.4 Å². The Labute approximate surface area is 112 Å². The Hall–Kier alpha value is -1.69. The SMILES string of the molecule is CCCc1cnc(C)nc1N1CCN[C@H](C(=O)O)C1. The van der Waals surface area contributed by atoms with Crippen LogP contribution in [-0.2, 0) is 11.2 Å². The fraction of sp³-hybridized carbons (Fsp3) is 0.615. The van der Waals surface area contributed by atoms with Gasteiger partial charge in [-0.25, -0.2) is 9.97 Å². The number of hydrogen-bond acceptors (Lipinski definition) is 5. The van der Waals surface area contributed by atoms with Crippen LogP contribution < -0.4 is 10.2 Å². The van der Waals surface area contributed by atoms with Gasteiger partial charge in [0, 0.05) is 31.4 Å². The van der Waals surface area contributed by atoms with Crippen molar-refractivity contribution < 1.29 is 9.90 Å². The fourth-order valence-corrected chi connectivity index (χ4v) is 2.31. The molecule has 0 spiro atoms. The Morgan fingerprint density at radius 1 is 1.63 bits per heavy atom. The molecule has 0 amide bonds. The monoisotopic (exact) mass is 264 g/mol. The molecule has 104 valence electrons. The molecule has 0 saturated carbocycles. The predicted octanol–water partition coefficient (Wildman–Crippen LogP) is 0.600. The molecule has 0 unspecified atom stereocenters. The number of carboxylic acids is 1. The number of aromatic nitrogens is 2. The summed E-state index contributed by atoms with van der Waals surface area (Å²) in [6.07, 6.45) is 3.80. The predicted molar refractivity (Wildman–Crippen MR) is 72.4 cm³/mol. The molecule has 1 fully saturated rings. The van der Waals surface area contributed by atoms with Crippen molar-refractivity contribution in [2.75, 3.05) is 24.5 Å². The molecule has 1 aliphatic heterocycles. The highest BCUT2D eigenvalue weighted by Gasteiger charge is 2.26. The lowest BCUT2D eigenvalue weighted by Gasteiger charge is -2.33. The third kappa shape index (κ3) is 3.20.